The second-order valence-electron chi connectivity index (χ2n) is 5.38. The van der Waals surface area contributed by atoms with Gasteiger partial charge in [-0.25, -0.2) is 9.97 Å². The fourth-order valence-electron chi connectivity index (χ4n) is 2.29. The molecule has 136 valence electrons. The van der Waals surface area contributed by atoms with Crippen molar-refractivity contribution in [2.24, 2.45) is 5.73 Å². The van der Waals surface area contributed by atoms with Crippen LogP contribution in [0.3, 0.4) is 0 Å². The lowest BCUT2D eigenvalue weighted by molar-refractivity contribution is -0.137. The maximum Gasteiger partial charge on any atom is 0.287 e. The molecule has 0 aromatic carbocycles. The lowest BCUT2D eigenvalue weighted by Gasteiger charge is -2.15. The molecule has 0 aliphatic rings. The molecule has 0 aliphatic heterocycles. The van der Waals surface area contributed by atoms with Crippen LogP contribution in [0.1, 0.15) is 16.1 Å². The first-order valence-electron chi connectivity index (χ1n) is 7.68. The normalized spacial score (nSPS) is 11.6. The molecule has 11 heteroatoms. The number of ketones is 1. The van der Waals surface area contributed by atoms with E-state index in [1.54, 1.807) is 24.4 Å². The number of amides is 2. The summed E-state index contributed by atoms with van der Waals surface area (Å²) < 4.78 is 8.07. The van der Waals surface area contributed by atoms with Gasteiger partial charge in [0.15, 0.2) is 5.69 Å². The van der Waals surface area contributed by atoms with E-state index in [9.17, 15) is 14.4 Å². The number of pyridine rings is 1. The fraction of sp³-hybridized carbons (Fsp3) is 0.125. The van der Waals surface area contributed by atoms with Crippen molar-refractivity contribution >= 4 is 29.3 Å². The third-order valence-electron chi connectivity index (χ3n) is 3.53. The topological polar surface area (TPSA) is 154 Å². The summed E-state index contributed by atoms with van der Waals surface area (Å²) in [5.41, 5.74) is 6.41. The predicted molar refractivity (Wildman–Crippen MR) is 94.3 cm³/mol. The van der Waals surface area contributed by atoms with Crippen molar-refractivity contribution in [3.8, 4) is 11.4 Å². The fourth-order valence-corrected chi connectivity index (χ4v) is 2.84. The largest absolute Gasteiger partial charge is 0.363 e. The van der Waals surface area contributed by atoms with Gasteiger partial charge in [0.05, 0.1) is 17.4 Å². The maximum atomic E-state index is 12.7. The highest BCUT2D eigenvalue weighted by Crippen LogP contribution is 2.19. The monoisotopic (exact) mass is 383 g/mol. The lowest BCUT2D eigenvalue weighted by atomic mass is 10.0. The molecular weight excluding hydrogens is 370 g/mol. The third-order valence-corrected chi connectivity index (χ3v) is 4.06. The summed E-state index contributed by atoms with van der Waals surface area (Å²) in [7, 11) is 0. The Morgan fingerprint density at radius 1 is 1.15 bits per heavy atom. The zero-order valence-electron chi connectivity index (χ0n) is 13.8. The van der Waals surface area contributed by atoms with Gasteiger partial charge in [0.25, 0.3) is 11.8 Å². The molecule has 3 heterocycles. The smallest absolute Gasteiger partial charge is 0.287 e. The molecule has 3 aromatic rings. The van der Waals surface area contributed by atoms with Gasteiger partial charge in [-0.2, -0.15) is 8.75 Å². The van der Waals surface area contributed by atoms with Crippen LogP contribution in [-0.2, 0) is 16.0 Å². The molecule has 27 heavy (non-hydrogen) atoms. The van der Waals surface area contributed by atoms with Crippen LogP contribution in [0.4, 0.5) is 0 Å². The Balaban J connectivity index is 1.84. The minimum atomic E-state index is -1.18. The number of carbonyl (C=O) groups is 3. The zero-order valence-corrected chi connectivity index (χ0v) is 14.6. The molecule has 0 fully saturated rings. The minimum Gasteiger partial charge on any atom is -0.363 e. The van der Waals surface area contributed by atoms with E-state index in [4.69, 9.17) is 5.73 Å². The van der Waals surface area contributed by atoms with Crippen LogP contribution < -0.4 is 11.1 Å². The van der Waals surface area contributed by atoms with E-state index in [0.29, 0.717) is 11.3 Å². The first-order chi connectivity index (χ1) is 13.1. The van der Waals surface area contributed by atoms with Crippen molar-refractivity contribution in [2.45, 2.75) is 12.5 Å². The molecule has 0 radical (unpaired) electrons. The van der Waals surface area contributed by atoms with E-state index < -0.39 is 23.6 Å². The SMILES string of the molecule is NC(=O)C(=O)C(Cc1cncnc1)NC(=O)c1nsnc1-c1ccccn1. The molecule has 10 nitrogen and oxygen atoms in total. The van der Waals surface area contributed by atoms with Crippen LogP contribution in [-0.4, -0.2) is 47.3 Å². The number of nitrogens with one attached hydrogen (secondary N) is 1. The van der Waals surface area contributed by atoms with Gasteiger partial charge in [-0.1, -0.05) is 6.07 Å². The number of aromatic nitrogens is 5. The Morgan fingerprint density at radius 2 is 1.93 bits per heavy atom. The molecule has 2 amide bonds. The number of rotatable bonds is 7. The van der Waals surface area contributed by atoms with Crippen LogP contribution in [0.2, 0.25) is 0 Å². The van der Waals surface area contributed by atoms with Crippen LogP contribution in [0.25, 0.3) is 11.4 Å². The molecular formula is C16H13N7O3S. The third kappa shape index (κ3) is 4.33. The number of nitrogens with two attached hydrogens (primary N) is 1. The second-order valence-corrected chi connectivity index (χ2v) is 5.91. The number of carbonyl (C=O) groups excluding carboxylic acids is 3. The predicted octanol–water partition coefficient (Wildman–Crippen LogP) is -0.214. The van der Waals surface area contributed by atoms with Gasteiger partial charge in [0.2, 0.25) is 5.78 Å². The Bertz CT molecular complexity index is 962. The van der Waals surface area contributed by atoms with Gasteiger partial charge in [0.1, 0.15) is 18.1 Å². The average Bonchev–Trinajstić information content (AvgIpc) is 3.18. The zero-order chi connectivity index (χ0) is 19.2. The Labute approximate surface area is 157 Å². The van der Waals surface area contributed by atoms with Crippen LogP contribution in [0.5, 0.6) is 0 Å². The highest BCUT2D eigenvalue weighted by atomic mass is 32.1. The lowest BCUT2D eigenvalue weighted by Crippen LogP contribution is -2.47. The van der Waals surface area contributed by atoms with Gasteiger partial charge in [-0.05, 0) is 17.7 Å². The van der Waals surface area contributed by atoms with Gasteiger partial charge in [-0.3, -0.25) is 19.4 Å². The van der Waals surface area contributed by atoms with Crippen molar-refractivity contribution in [3.05, 3.63) is 54.4 Å². The summed E-state index contributed by atoms with van der Waals surface area (Å²) in [5.74, 6) is -2.76. The summed E-state index contributed by atoms with van der Waals surface area (Å²) in [6, 6.07) is 3.98. The summed E-state index contributed by atoms with van der Waals surface area (Å²) >= 11 is 0.838. The van der Waals surface area contributed by atoms with Crippen LogP contribution in [0, 0.1) is 0 Å². The average molecular weight is 383 g/mol. The molecule has 3 N–H and O–H groups in total. The quantitative estimate of drug-likeness (QED) is 0.531. The highest BCUT2D eigenvalue weighted by molar-refractivity contribution is 6.99. The van der Waals surface area contributed by atoms with E-state index in [1.165, 1.54) is 18.7 Å². The van der Waals surface area contributed by atoms with E-state index in [-0.39, 0.29) is 17.8 Å². The van der Waals surface area contributed by atoms with Gasteiger partial charge < -0.3 is 11.1 Å². The number of primary amides is 1. The Hall–Kier alpha value is -3.60. The van der Waals surface area contributed by atoms with Crippen molar-refractivity contribution in [2.75, 3.05) is 0 Å². The van der Waals surface area contributed by atoms with Crippen LogP contribution in [0.15, 0.2) is 43.1 Å². The summed E-state index contributed by atoms with van der Waals surface area (Å²) in [6.07, 6.45) is 5.84. The highest BCUT2D eigenvalue weighted by Gasteiger charge is 2.28. The second kappa shape index (κ2) is 8.19. The molecule has 0 bridgehead atoms. The Kier molecular flexibility index (Phi) is 5.52. The number of nitrogens with zero attached hydrogens (tertiary/aromatic N) is 5. The van der Waals surface area contributed by atoms with Crippen molar-refractivity contribution in [1.29, 1.82) is 0 Å². The van der Waals surface area contributed by atoms with E-state index in [2.05, 4.69) is 29.0 Å². The molecule has 3 aromatic heterocycles. The molecule has 0 spiro atoms. The molecule has 0 aliphatic carbocycles. The van der Waals surface area contributed by atoms with E-state index in [0.717, 1.165) is 11.7 Å². The van der Waals surface area contributed by atoms with Crippen molar-refractivity contribution in [1.82, 2.24) is 29.0 Å². The minimum absolute atomic E-state index is 0.00480. The van der Waals surface area contributed by atoms with E-state index >= 15 is 0 Å². The first kappa shape index (κ1) is 18.2. The molecule has 1 unspecified atom stereocenters. The van der Waals surface area contributed by atoms with Crippen molar-refractivity contribution in [3.63, 3.8) is 0 Å². The Morgan fingerprint density at radius 3 is 2.59 bits per heavy atom. The standard InChI is InChI=1S/C16H13N7O3S/c17-15(25)14(24)11(5-9-6-18-8-19-7-9)21-16(26)13-12(22-27-23-13)10-3-1-2-4-20-10/h1-4,6-8,11H,5H2,(H2,17,25)(H,21,26). The number of hydrogen-bond donors (Lipinski definition) is 2. The molecule has 1 atom stereocenters. The number of hydrogen-bond acceptors (Lipinski definition) is 9. The number of Topliss-reactive ketones (excluding diaryl/α,β-unsaturated/α-hetero) is 1. The molecule has 0 saturated heterocycles. The van der Waals surface area contributed by atoms with Crippen molar-refractivity contribution < 1.29 is 14.4 Å². The van der Waals surface area contributed by atoms with Gasteiger partial charge in [-0.15, -0.1) is 0 Å². The van der Waals surface area contributed by atoms with Gasteiger partial charge in [0, 0.05) is 25.0 Å². The molecule has 0 saturated carbocycles. The van der Waals surface area contributed by atoms with Crippen LogP contribution >= 0.6 is 11.7 Å². The summed E-state index contributed by atoms with van der Waals surface area (Å²) in [4.78, 5) is 48.0. The maximum absolute atomic E-state index is 12.7. The summed E-state index contributed by atoms with van der Waals surface area (Å²) in [5, 5.41) is 2.49. The first-order valence-corrected chi connectivity index (χ1v) is 8.41. The van der Waals surface area contributed by atoms with E-state index in [1.807, 2.05) is 0 Å². The molecule has 3 rings (SSSR count). The van der Waals surface area contributed by atoms with Gasteiger partial charge >= 0.3 is 0 Å². The summed E-state index contributed by atoms with van der Waals surface area (Å²) in [6.45, 7) is 0.